The van der Waals surface area contributed by atoms with Crippen molar-refractivity contribution in [2.75, 3.05) is 6.61 Å². The molecule has 0 aliphatic carbocycles. The number of nitrogens with one attached hydrogen (secondary N) is 1. The van der Waals surface area contributed by atoms with Crippen LogP contribution in [0.25, 0.3) is 11.4 Å². The number of carbonyl (C=O) groups is 1. The predicted octanol–water partition coefficient (Wildman–Crippen LogP) is 3.72. The van der Waals surface area contributed by atoms with Gasteiger partial charge in [0, 0.05) is 5.69 Å². The third-order valence-corrected chi connectivity index (χ3v) is 2.91. The Kier molecular flexibility index (Phi) is 4.20. The van der Waals surface area contributed by atoms with Crippen LogP contribution in [-0.4, -0.2) is 22.5 Å². The second-order valence-electron chi connectivity index (χ2n) is 4.44. The van der Waals surface area contributed by atoms with Crippen LogP contribution < -0.4 is 0 Å². The first-order chi connectivity index (χ1) is 10.3. The van der Waals surface area contributed by atoms with E-state index in [0.29, 0.717) is 0 Å². The molecule has 22 heavy (non-hydrogen) atoms. The van der Waals surface area contributed by atoms with Gasteiger partial charge in [-0.1, -0.05) is 6.07 Å². The molecule has 0 radical (unpaired) electrons. The molecule has 2 rings (SSSR count). The second kappa shape index (κ2) is 5.78. The Hall–Kier alpha value is -2.38. The normalized spacial score (nSPS) is 11.5. The molecule has 1 aromatic carbocycles. The van der Waals surface area contributed by atoms with E-state index in [1.807, 2.05) is 0 Å². The van der Waals surface area contributed by atoms with Crippen LogP contribution in [0.1, 0.15) is 28.7 Å². The summed E-state index contributed by atoms with van der Waals surface area (Å²) in [4.78, 5) is 17.9. The van der Waals surface area contributed by atoms with Gasteiger partial charge in [-0.2, -0.15) is 13.2 Å². The van der Waals surface area contributed by atoms with Crippen LogP contribution >= 0.6 is 0 Å². The maximum Gasteiger partial charge on any atom is 0.417 e. The van der Waals surface area contributed by atoms with Crippen molar-refractivity contribution in [3.63, 3.8) is 0 Å². The molecule has 0 fully saturated rings. The highest BCUT2D eigenvalue weighted by atomic mass is 19.4. The fourth-order valence-corrected chi connectivity index (χ4v) is 1.98. The van der Waals surface area contributed by atoms with Gasteiger partial charge < -0.3 is 9.72 Å². The van der Waals surface area contributed by atoms with Gasteiger partial charge in [-0.05, 0) is 26.0 Å². The minimum absolute atomic E-state index is 0.0912. The standard InChI is InChI=1S/C14H12F4N2O2/c1-3-22-13(21)11-7(2)19-12(20-11)10-8(14(16,17)18)5-4-6-9(10)15/h4-6H,3H2,1-2H3,(H,19,20). The Morgan fingerprint density at radius 3 is 2.64 bits per heavy atom. The number of aromatic nitrogens is 2. The van der Waals surface area contributed by atoms with Gasteiger partial charge in [0.05, 0.1) is 17.7 Å². The largest absolute Gasteiger partial charge is 0.461 e. The number of benzene rings is 1. The summed E-state index contributed by atoms with van der Waals surface area (Å²) in [5, 5.41) is 0. The summed E-state index contributed by atoms with van der Waals surface area (Å²) < 4.78 is 57.6. The van der Waals surface area contributed by atoms with E-state index in [2.05, 4.69) is 9.97 Å². The number of H-pyrrole nitrogens is 1. The summed E-state index contributed by atoms with van der Waals surface area (Å²) >= 11 is 0. The van der Waals surface area contributed by atoms with Crippen molar-refractivity contribution in [2.45, 2.75) is 20.0 Å². The molecule has 118 valence electrons. The molecule has 1 aromatic heterocycles. The molecule has 0 saturated heterocycles. The summed E-state index contributed by atoms with van der Waals surface area (Å²) in [6.45, 7) is 3.12. The van der Waals surface area contributed by atoms with Gasteiger partial charge in [0.1, 0.15) is 11.6 Å². The molecule has 0 aliphatic rings. The van der Waals surface area contributed by atoms with Crippen molar-refractivity contribution in [2.24, 2.45) is 0 Å². The van der Waals surface area contributed by atoms with Crippen molar-refractivity contribution in [1.82, 2.24) is 9.97 Å². The molecule has 0 atom stereocenters. The lowest BCUT2D eigenvalue weighted by atomic mass is 10.1. The molecular weight excluding hydrogens is 304 g/mol. The molecule has 8 heteroatoms. The van der Waals surface area contributed by atoms with Gasteiger partial charge in [0.25, 0.3) is 0 Å². The van der Waals surface area contributed by atoms with E-state index in [1.165, 1.54) is 6.92 Å². The lowest BCUT2D eigenvalue weighted by Gasteiger charge is -2.11. The average Bonchev–Trinajstić information content (AvgIpc) is 2.79. The van der Waals surface area contributed by atoms with Gasteiger partial charge in [0.15, 0.2) is 5.69 Å². The highest BCUT2D eigenvalue weighted by Gasteiger charge is 2.36. The first-order valence-electron chi connectivity index (χ1n) is 6.35. The van der Waals surface area contributed by atoms with Crippen LogP contribution in [0.5, 0.6) is 0 Å². The van der Waals surface area contributed by atoms with Crippen LogP contribution in [0.4, 0.5) is 17.6 Å². The summed E-state index contributed by atoms with van der Waals surface area (Å²) in [6, 6.07) is 2.61. The molecule has 0 saturated carbocycles. The lowest BCUT2D eigenvalue weighted by Crippen LogP contribution is -2.09. The number of hydrogen-bond acceptors (Lipinski definition) is 3. The smallest absolute Gasteiger partial charge is 0.417 e. The summed E-state index contributed by atoms with van der Waals surface area (Å²) in [6.07, 6.45) is -4.75. The van der Waals surface area contributed by atoms with E-state index in [4.69, 9.17) is 4.74 Å². The fraction of sp³-hybridized carbons (Fsp3) is 0.286. The number of hydrogen-bond donors (Lipinski definition) is 1. The molecule has 2 aromatic rings. The lowest BCUT2D eigenvalue weighted by molar-refractivity contribution is -0.137. The Bertz CT molecular complexity index is 707. The Morgan fingerprint density at radius 1 is 1.36 bits per heavy atom. The van der Waals surface area contributed by atoms with Gasteiger partial charge in [0.2, 0.25) is 0 Å². The van der Waals surface area contributed by atoms with Gasteiger partial charge >= 0.3 is 12.1 Å². The Morgan fingerprint density at radius 2 is 2.05 bits per heavy atom. The van der Waals surface area contributed by atoms with E-state index in [9.17, 15) is 22.4 Å². The summed E-state index contributed by atoms with van der Waals surface area (Å²) in [7, 11) is 0. The maximum absolute atomic E-state index is 13.9. The second-order valence-corrected chi connectivity index (χ2v) is 4.44. The molecular formula is C14H12F4N2O2. The third kappa shape index (κ3) is 2.95. The SMILES string of the molecule is CCOC(=O)c1nc(-c2c(F)cccc2C(F)(F)F)[nH]c1C. The zero-order valence-electron chi connectivity index (χ0n) is 11.7. The average molecular weight is 316 g/mol. The molecule has 1 heterocycles. The molecule has 0 spiro atoms. The highest BCUT2D eigenvalue weighted by molar-refractivity contribution is 5.89. The van der Waals surface area contributed by atoms with Crippen molar-refractivity contribution in [1.29, 1.82) is 0 Å². The number of esters is 1. The zero-order valence-corrected chi connectivity index (χ0v) is 11.7. The first-order valence-corrected chi connectivity index (χ1v) is 6.35. The van der Waals surface area contributed by atoms with Gasteiger partial charge in [-0.3, -0.25) is 0 Å². The van der Waals surface area contributed by atoms with Crippen molar-refractivity contribution >= 4 is 5.97 Å². The van der Waals surface area contributed by atoms with Crippen molar-refractivity contribution in [3.8, 4) is 11.4 Å². The number of ether oxygens (including phenoxy) is 1. The number of halogens is 4. The molecule has 0 amide bonds. The monoisotopic (exact) mass is 316 g/mol. The predicted molar refractivity (Wildman–Crippen MR) is 69.7 cm³/mol. The first kappa shape index (κ1) is 16.0. The van der Waals surface area contributed by atoms with E-state index in [0.717, 1.165) is 18.2 Å². The number of alkyl halides is 3. The fourth-order valence-electron chi connectivity index (χ4n) is 1.98. The van der Waals surface area contributed by atoms with E-state index >= 15 is 0 Å². The van der Waals surface area contributed by atoms with Crippen LogP contribution in [-0.2, 0) is 10.9 Å². The van der Waals surface area contributed by atoms with Gasteiger partial charge in [-0.25, -0.2) is 14.2 Å². The van der Waals surface area contributed by atoms with Crippen LogP contribution in [0.15, 0.2) is 18.2 Å². The van der Waals surface area contributed by atoms with Crippen molar-refractivity contribution in [3.05, 3.63) is 41.0 Å². The number of rotatable bonds is 3. The molecule has 0 aliphatic heterocycles. The quantitative estimate of drug-likeness (QED) is 0.693. The number of imidazole rings is 1. The zero-order chi connectivity index (χ0) is 16.5. The van der Waals surface area contributed by atoms with Crippen LogP contribution in [0.2, 0.25) is 0 Å². The van der Waals surface area contributed by atoms with Crippen molar-refractivity contribution < 1.29 is 27.1 Å². The number of aromatic amines is 1. The highest BCUT2D eigenvalue weighted by Crippen LogP contribution is 2.37. The van der Waals surface area contributed by atoms with E-state index in [-0.39, 0.29) is 23.8 Å². The summed E-state index contributed by atoms with van der Waals surface area (Å²) in [5.74, 6) is -2.24. The molecule has 1 N–H and O–H groups in total. The number of carbonyl (C=O) groups excluding carboxylic acids is 1. The van der Waals surface area contributed by atoms with Crippen LogP contribution in [0.3, 0.4) is 0 Å². The molecule has 0 unspecified atom stereocenters. The topological polar surface area (TPSA) is 55.0 Å². The minimum Gasteiger partial charge on any atom is -0.461 e. The van der Waals surface area contributed by atoms with Crippen LogP contribution in [0, 0.1) is 12.7 Å². The minimum atomic E-state index is -4.75. The number of nitrogens with zero attached hydrogens (tertiary/aromatic N) is 1. The summed E-state index contributed by atoms with van der Waals surface area (Å²) in [5.41, 5.74) is -1.87. The number of aryl methyl sites for hydroxylation is 1. The van der Waals surface area contributed by atoms with E-state index < -0.39 is 29.1 Å². The van der Waals surface area contributed by atoms with Gasteiger partial charge in [-0.15, -0.1) is 0 Å². The van der Waals surface area contributed by atoms with E-state index in [1.54, 1.807) is 6.92 Å². The maximum atomic E-state index is 13.9. The Labute approximate surface area is 123 Å². The third-order valence-electron chi connectivity index (χ3n) is 2.91. The molecule has 4 nitrogen and oxygen atoms in total. The Balaban J connectivity index is 2.59. The molecule has 0 bridgehead atoms.